The molecule has 4 heterocycles. The van der Waals surface area contributed by atoms with Gasteiger partial charge in [0.05, 0.1) is 35.7 Å². The molecule has 35 heavy (non-hydrogen) atoms. The van der Waals surface area contributed by atoms with E-state index in [0.717, 1.165) is 39.3 Å². The van der Waals surface area contributed by atoms with Crippen molar-refractivity contribution in [2.75, 3.05) is 18.5 Å². The maximum Gasteiger partial charge on any atom is 0.160 e. The zero-order chi connectivity index (χ0) is 24.4. The number of anilines is 1. The van der Waals surface area contributed by atoms with Crippen molar-refractivity contribution < 1.29 is 9.84 Å². The Labute approximate surface area is 203 Å². The molecule has 0 saturated heterocycles. The van der Waals surface area contributed by atoms with Crippen LogP contribution in [-0.2, 0) is 6.54 Å². The van der Waals surface area contributed by atoms with Crippen LogP contribution in [0.15, 0.2) is 67.1 Å². The molecule has 0 aliphatic carbocycles. The topological polar surface area (TPSA) is 116 Å². The van der Waals surface area contributed by atoms with Gasteiger partial charge in [0.1, 0.15) is 24.1 Å². The van der Waals surface area contributed by atoms with Gasteiger partial charge in [0, 0.05) is 30.0 Å². The summed E-state index contributed by atoms with van der Waals surface area (Å²) in [6.07, 6.45) is 5.05. The highest BCUT2D eigenvalue weighted by molar-refractivity contribution is 5.91. The minimum Gasteiger partial charge on any atom is -0.491 e. The molecule has 0 aliphatic heterocycles. The van der Waals surface area contributed by atoms with E-state index in [9.17, 15) is 5.11 Å². The number of nitrogens with one attached hydrogen (secondary N) is 1. The Morgan fingerprint density at radius 3 is 2.83 bits per heavy atom. The third-order valence-electron chi connectivity index (χ3n) is 5.85. The van der Waals surface area contributed by atoms with Crippen LogP contribution in [0.25, 0.3) is 27.9 Å². The van der Waals surface area contributed by atoms with Crippen molar-refractivity contribution in [1.82, 2.24) is 24.1 Å². The lowest BCUT2D eigenvalue weighted by Gasteiger charge is -2.14. The lowest BCUT2D eigenvalue weighted by molar-refractivity contribution is 0.114. The van der Waals surface area contributed by atoms with Gasteiger partial charge in [0.15, 0.2) is 5.65 Å². The molecular weight excluding hydrogens is 442 g/mol. The molecule has 1 atom stereocenters. The molecule has 9 heteroatoms. The quantitative estimate of drug-likeness (QED) is 0.301. The molecule has 5 aromatic rings. The lowest BCUT2D eigenvalue weighted by atomic mass is 10.1. The molecule has 0 fully saturated rings. The van der Waals surface area contributed by atoms with Gasteiger partial charge >= 0.3 is 0 Å². The Morgan fingerprint density at radius 1 is 1.11 bits per heavy atom. The Morgan fingerprint density at radius 2 is 2.00 bits per heavy atom. The summed E-state index contributed by atoms with van der Waals surface area (Å²) in [4.78, 5) is 9.44. The van der Waals surface area contributed by atoms with Crippen molar-refractivity contribution in [2.24, 2.45) is 5.73 Å². The van der Waals surface area contributed by atoms with E-state index in [0.29, 0.717) is 12.3 Å². The predicted octanol–water partition coefficient (Wildman–Crippen LogP) is 3.64. The van der Waals surface area contributed by atoms with Crippen LogP contribution >= 0.6 is 0 Å². The number of aliphatic hydroxyl groups is 1. The van der Waals surface area contributed by atoms with E-state index < -0.39 is 6.10 Å². The summed E-state index contributed by atoms with van der Waals surface area (Å²) in [5.41, 5.74) is 10.9. The smallest absolute Gasteiger partial charge is 0.160 e. The molecule has 0 amide bonds. The molecule has 0 bridgehead atoms. The number of nitrogens with two attached hydrogens (primary N) is 1. The lowest BCUT2D eigenvalue weighted by Crippen LogP contribution is -2.26. The first kappa shape index (κ1) is 22.8. The molecule has 9 nitrogen and oxygen atoms in total. The number of hydrogen-bond donors (Lipinski definition) is 3. The van der Waals surface area contributed by atoms with Crippen LogP contribution in [0.5, 0.6) is 5.75 Å². The number of aliphatic hydroxyl groups excluding tert-OH is 1. The van der Waals surface area contributed by atoms with Crippen LogP contribution < -0.4 is 15.8 Å². The minimum absolute atomic E-state index is 0.138. The van der Waals surface area contributed by atoms with Gasteiger partial charge in [-0.15, -0.1) is 0 Å². The fourth-order valence-corrected chi connectivity index (χ4v) is 4.00. The molecule has 0 aliphatic rings. The van der Waals surface area contributed by atoms with Crippen LogP contribution in [0.2, 0.25) is 0 Å². The molecule has 0 spiro atoms. The zero-order valence-electron chi connectivity index (χ0n) is 19.8. The molecule has 1 aromatic carbocycles. The van der Waals surface area contributed by atoms with Gasteiger partial charge in [-0.1, -0.05) is 18.2 Å². The van der Waals surface area contributed by atoms with Crippen molar-refractivity contribution in [2.45, 2.75) is 32.5 Å². The summed E-state index contributed by atoms with van der Waals surface area (Å²) < 4.78 is 9.72. The Hall–Kier alpha value is -3.95. The van der Waals surface area contributed by atoms with E-state index in [4.69, 9.17) is 15.5 Å². The molecule has 0 radical (unpaired) electrons. The number of pyridine rings is 2. The second-order valence-corrected chi connectivity index (χ2v) is 8.74. The van der Waals surface area contributed by atoms with Gasteiger partial charge in [-0.25, -0.2) is 14.6 Å². The van der Waals surface area contributed by atoms with Crippen LogP contribution in [0.3, 0.4) is 0 Å². The number of rotatable bonds is 9. The van der Waals surface area contributed by atoms with Gasteiger partial charge in [0.25, 0.3) is 0 Å². The Bertz CT molecular complexity index is 1460. The SMILES string of the molecule is CC(C)n1ncc2c(NCc3cnc4ccccn34)cc(-c3cccc(OCC(O)CN)c3)nc21. The number of nitrogens with zero attached hydrogens (tertiary/aromatic N) is 5. The average Bonchev–Trinajstić information content (AvgIpc) is 3.50. The fraction of sp³-hybridized carbons (Fsp3) is 0.269. The van der Waals surface area contributed by atoms with Gasteiger partial charge < -0.3 is 25.3 Å². The van der Waals surface area contributed by atoms with E-state index in [2.05, 4.69) is 33.6 Å². The second kappa shape index (κ2) is 9.73. The summed E-state index contributed by atoms with van der Waals surface area (Å²) >= 11 is 0. The summed E-state index contributed by atoms with van der Waals surface area (Å²) in [6, 6.07) is 15.8. The Kier molecular flexibility index (Phi) is 6.35. The van der Waals surface area contributed by atoms with Gasteiger partial charge in [-0.2, -0.15) is 5.10 Å². The van der Waals surface area contributed by atoms with Crippen molar-refractivity contribution in [1.29, 1.82) is 0 Å². The maximum atomic E-state index is 9.74. The van der Waals surface area contributed by atoms with E-state index in [1.165, 1.54) is 0 Å². The largest absolute Gasteiger partial charge is 0.491 e. The molecule has 4 aromatic heterocycles. The van der Waals surface area contributed by atoms with E-state index in [1.807, 2.05) is 71.8 Å². The molecular formula is C26H29N7O2. The number of benzene rings is 1. The van der Waals surface area contributed by atoms with Gasteiger partial charge in [-0.3, -0.25) is 0 Å². The van der Waals surface area contributed by atoms with E-state index in [1.54, 1.807) is 0 Å². The van der Waals surface area contributed by atoms with Crippen molar-refractivity contribution in [3.8, 4) is 17.0 Å². The van der Waals surface area contributed by atoms with Gasteiger partial charge in [0.2, 0.25) is 0 Å². The first-order chi connectivity index (χ1) is 17.0. The standard InChI is InChI=1S/C26H29N7O2/c1-17(2)33-26-22(15-30-33)24(28-13-19-14-29-25-8-3-4-9-32(19)25)11-23(31-26)18-6-5-7-21(10-18)35-16-20(34)12-27/h3-11,14-15,17,20,34H,12-13,16,27H2,1-2H3,(H,28,31). The normalized spacial score (nSPS) is 12.5. The number of aromatic nitrogens is 5. The maximum absolute atomic E-state index is 9.74. The summed E-state index contributed by atoms with van der Waals surface area (Å²) in [5.74, 6) is 0.648. The fourth-order valence-electron chi connectivity index (χ4n) is 4.00. The number of hydrogen-bond acceptors (Lipinski definition) is 7. The van der Waals surface area contributed by atoms with Crippen LogP contribution in [0.1, 0.15) is 25.6 Å². The molecule has 5 rings (SSSR count). The predicted molar refractivity (Wildman–Crippen MR) is 136 cm³/mol. The van der Waals surface area contributed by atoms with Crippen molar-refractivity contribution in [3.63, 3.8) is 0 Å². The minimum atomic E-state index is -0.705. The molecule has 180 valence electrons. The van der Waals surface area contributed by atoms with Gasteiger partial charge in [-0.05, 0) is 44.2 Å². The summed E-state index contributed by atoms with van der Waals surface area (Å²) in [7, 11) is 0. The average molecular weight is 472 g/mol. The molecule has 1 unspecified atom stereocenters. The highest BCUT2D eigenvalue weighted by Gasteiger charge is 2.15. The molecule has 0 saturated carbocycles. The summed E-state index contributed by atoms with van der Waals surface area (Å²) in [6.45, 7) is 5.06. The monoisotopic (exact) mass is 471 g/mol. The van der Waals surface area contributed by atoms with E-state index in [-0.39, 0.29) is 19.2 Å². The van der Waals surface area contributed by atoms with Crippen molar-refractivity contribution in [3.05, 3.63) is 72.8 Å². The van der Waals surface area contributed by atoms with Crippen LogP contribution in [0.4, 0.5) is 5.69 Å². The third-order valence-corrected chi connectivity index (χ3v) is 5.85. The summed E-state index contributed by atoms with van der Waals surface area (Å²) in [5, 5.41) is 18.9. The number of ether oxygens (including phenoxy) is 1. The number of imidazole rings is 1. The first-order valence-corrected chi connectivity index (χ1v) is 11.7. The van der Waals surface area contributed by atoms with Crippen LogP contribution in [-0.4, -0.2) is 48.5 Å². The second-order valence-electron chi connectivity index (χ2n) is 8.74. The highest BCUT2D eigenvalue weighted by Crippen LogP contribution is 2.31. The first-order valence-electron chi connectivity index (χ1n) is 11.7. The Balaban J connectivity index is 1.51. The number of fused-ring (bicyclic) bond motifs is 2. The van der Waals surface area contributed by atoms with Crippen LogP contribution in [0, 0.1) is 0 Å². The zero-order valence-corrected chi connectivity index (χ0v) is 19.8. The highest BCUT2D eigenvalue weighted by atomic mass is 16.5. The molecule has 4 N–H and O–H groups in total. The van der Waals surface area contributed by atoms with E-state index >= 15 is 0 Å². The third kappa shape index (κ3) is 4.68. The van der Waals surface area contributed by atoms with Crippen molar-refractivity contribution >= 4 is 22.4 Å².